The van der Waals surface area contributed by atoms with Gasteiger partial charge in [-0.15, -0.1) is 0 Å². The van der Waals surface area contributed by atoms with Crippen molar-refractivity contribution in [1.29, 1.82) is 0 Å². The number of carbonyl (C=O) groups is 1. The van der Waals surface area contributed by atoms with Crippen LogP contribution in [0.1, 0.15) is 43.2 Å². The molecule has 98 valence electrons. The highest BCUT2D eigenvalue weighted by atomic mass is 19.1. The molecular formula is C14H16F2O2. The van der Waals surface area contributed by atoms with Crippen molar-refractivity contribution >= 4 is 5.97 Å². The molecule has 0 amide bonds. The van der Waals surface area contributed by atoms with E-state index < -0.39 is 23.0 Å². The fraction of sp³-hybridized carbons (Fsp3) is 0.500. The molecule has 1 aliphatic carbocycles. The van der Waals surface area contributed by atoms with Crippen LogP contribution in [0, 0.1) is 18.6 Å². The summed E-state index contributed by atoms with van der Waals surface area (Å²) in [7, 11) is 0. The van der Waals surface area contributed by atoms with E-state index in [0.717, 1.165) is 25.3 Å². The van der Waals surface area contributed by atoms with E-state index in [1.165, 1.54) is 13.0 Å². The van der Waals surface area contributed by atoms with Crippen molar-refractivity contribution in [3.05, 3.63) is 34.9 Å². The first-order valence-electron chi connectivity index (χ1n) is 6.17. The Morgan fingerprint density at radius 3 is 2.39 bits per heavy atom. The Kier molecular flexibility index (Phi) is 3.37. The lowest BCUT2D eigenvalue weighted by Gasteiger charge is -2.34. The van der Waals surface area contributed by atoms with E-state index in [1.54, 1.807) is 0 Å². The van der Waals surface area contributed by atoms with Gasteiger partial charge < -0.3 is 5.11 Å². The van der Waals surface area contributed by atoms with Crippen LogP contribution in [0.25, 0.3) is 0 Å². The summed E-state index contributed by atoms with van der Waals surface area (Å²) < 4.78 is 27.4. The first kappa shape index (κ1) is 13.0. The van der Waals surface area contributed by atoms with E-state index in [9.17, 15) is 18.7 Å². The van der Waals surface area contributed by atoms with Gasteiger partial charge in [0, 0.05) is 11.1 Å². The molecule has 0 unspecified atom stereocenters. The van der Waals surface area contributed by atoms with Crippen LogP contribution < -0.4 is 0 Å². The van der Waals surface area contributed by atoms with Crippen molar-refractivity contribution < 1.29 is 18.7 Å². The van der Waals surface area contributed by atoms with Crippen molar-refractivity contribution in [3.63, 3.8) is 0 Å². The zero-order valence-electron chi connectivity index (χ0n) is 10.3. The minimum Gasteiger partial charge on any atom is -0.481 e. The summed E-state index contributed by atoms with van der Waals surface area (Å²) in [6.45, 7) is 1.34. The zero-order chi connectivity index (χ0) is 13.3. The van der Waals surface area contributed by atoms with Crippen LogP contribution in [0.15, 0.2) is 12.1 Å². The highest BCUT2D eigenvalue weighted by molar-refractivity contribution is 5.81. The normalized spacial score (nSPS) is 18.6. The molecule has 1 saturated carbocycles. The molecular weight excluding hydrogens is 238 g/mol. The highest BCUT2D eigenvalue weighted by Crippen LogP contribution is 2.41. The van der Waals surface area contributed by atoms with Crippen LogP contribution in [-0.2, 0) is 10.2 Å². The maximum absolute atomic E-state index is 14.1. The third-order valence-electron chi connectivity index (χ3n) is 3.95. The predicted octanol–water partition coefficient (Wildman–Crippen LogP) is 3.56. The van der Waals surface area contributed by atoms with E-state index in [4.69, 9.17) is 0 Å². The summed E-state index contributed by atoms with van der Waals surface area (Å²) in [4.78, 5) is 11.6. The van der Waals surface area contributed by atoms with Crippen molar-refractivity contribution in [1.82, 2.24) is 0 Å². The van der Waals surface area contributed by atoms with Crippen LogP contribution in [0.5, 0.6) is 0 Å². The Morgan fingerprint density at radius 1 is 1.22 bits per heavy atom. The number of carboxylic acids is 1. The monoisotopic (exact) mass is 254 g/mol. The molecule has 1 aromatic carbocycles. The maximum Gasteiger partial charge on any atom is 0.314 e. The van der Waals surface area contributed by atoms with Crippen LogP contribution in [0.4, 0.5) is 8.78 Å². The van der Waals surface area contributed by atoms with Crippen LogP contribution in [0.2, 0.25) is 0 Å². The molecule has 0 saturated heterocycles. The molecule has 0 heterocycles. The van der Waals surface area contributed by atoms with Gasteiger partial charge in [0.1, 0.15) is 11.6 Å². The van der Waals surface area contributed by atoms with Crippen molar-refractivity contribution in [2.45, 2.75) is 44.4 Å². The molecule has 1 N–H and O–H groups in total. The second kappa shape index (κ2) is 4.67. The zero-order valence-corrected chi connectivity index (χ0v) is 10.3. The fourth-order valence-electron chi connectivity index (χ4n) is 2.78. The number of benzene rings is 1. The summed E-state index contributed by atoms with van der Waals surface area (Å²) in [5.41, 5.74) is -1.15. The first-order valence-corrected chi connectivity index (χ1v) is 6.17. The lowest BCUT2D eigenvalue weighted by molar-refractivity contribution is -0.145. The van der Waals surface area contributed by atoms with Gasteiger partial charge in [0.15, 0.2) is 0 Å². The average Bonchev–Trinajstić information content (AvgIpc) is 2.37. The Morgan fingerprint density at radius 2 is 1.83 bits per heavy atom. The minimum absolute atomic E-state index is 0.0984. The highest BCUT2D eigenvalue weighted by Gasteiger charge is 2.43. The number of halogens is 2. The van der Waals surface area contributed by atoms with Crippen LogP contribution >= 0.6 is 0 Å². The van der Waals surface area contributed by atoms with Gasteiger partial charge in [-0.1, -0.05) is 25.3 Å². The molecule has 0 aromatic heterocycles. The summed E-state index contributed by atoms with van der Waals surface area (Å²) in [6, 6.07) is 2.45. The standard InChI is InChI=1S/C14H16F2O2/c1-9-11(15)6-5-10(12(9)16)14(13(17)18)7-3-2-4-8-14/h5-6H,2-4,7-8H2,1H3,(H,17,18). The van der Waals surface area contributed by atoms with E-state index in [1.807, 2.05) is 0 Å². The number of hydrogen-bond donors (Lipinski definition) is 1. The smallest absolute Gasteiger partial charge is 0.314 e. The number of carboxylic acid groups (broad SMARTS) is 1. The predicted molar refractivity (Wildman–Crippen MR) is 63.5 cm³/mol. The maximum atomic E-state index is 14.1. The number of aliphatic carboxylic acids is 1. The third-order valence-corrected chi connectivity index (χ3v) is 3.95. The Bertz CT molecular complexity index is 477. The van der Waals surface area contributed by atoms with E-state index in [0.29, 0.717) is 12.8 Å². The molecule has 2 nitrogen and oxygen atoms in total. The molecule has 0 radical (unpaired) electrons. The summed E-state index contributed by atoms with van der Waals surface area (Å²) in [6.07, 6.45) is 3.34. The molecule has 0 aliphatic heterocycles. The second-order valence-corrected chi connectivity index (χ2v) is 4.98. The summed E-state index contributed by atoms with van der Waals surface area (Å²) in [5, 5.41) is 9.47. The first-order chi connectivity index (χ1) is 8.49. The minimum atomic E-state index is -1.18. The van der Waals surface area contributed by atoms with Crippen LogP contribution in [-0.4, -0.2) is 11.1 Å². The molecule has 1 fully saturated rings. The van der Waals surface area contributed by atoms with Gasteiger partial charge >= 0.3 is 5.97 Å². The van der Waals surface area contributed by atoms with E-state index in [2.05, 4.69) is 0 Å². The van der Waals surface area contributed by atoms with E-state index in [-0.39, 0.29) is 11.1 Å². The number of hydrogen-bond acceptors (Lipinski definition) is 1. The van der Waals surface area contributed by atoms with Crippen molar-refractivity contribution in [3.8, 4) is 0 Å². The molecule has 0 atom stereocenters. The summed E-state index contributed by atoms with van der Waals surface area (Å²) in [5.74, 6) is -2.35. The fourth-order valence-corrected chi connectivity index (χ4v) is 2.78. The topological polar surface area (TPSA) is 37.3 Å². The van der Waals surface area contributed by atoms with Gasteiger partial charge in [-0.2, -0.15) is 0 Å². The third kappa shape index (κ3) is 1.89. The Balaban J connectivity index is 2.56. The Hall–Kier alpha value is -1.45. The Labute approximate surface area is 105 Å². The lowest BCUT2D eigenvalue weighted by atomic mass is 9.69. The number of rotatable bonds is 2. The van der Waals surface area contributed by atoms with Gasteiger partial charge in [0.25, 0.3) is 0 Å². The van der Waals surface area contributed by atoms with Gasteiger partial charge in [-0.3, -0.25) is 4.79 Å². The average molecular weight is 254 g/mol. The molecule has 2 rings (SSSR count). The lowest BCUT2D eigenvalue weighted by Crippen LogP contribution is -2.38. The van der Waals surface area contributed by atoms with Crippen molar-refractivity contribution in [2.24, 2.45) is 0 Å². The van der Waals surface area contributed by atoms with Crippen LogP contribution in [0.3, 0.4) is 0 Å². The quantitative estimate of drug-likeness (QED) is 0.876. The molecule has 4 heteroatoms. The van der Waals surface area contributed by atoms with Gasteiger partial charge in [0.2, 0.25) is 0 Å². The molecule has 0 bridgehead atoms. The van der Waals surface area contributed by atoms with Crippen molar-refractivity contribution in [2.75, 3.05) is 0 Å². The summed E-state index contributed by atoms with van der Waals surface area (Å²) >= 11 is 0. The molecule has 1 aliphatic rings. The van der Waals surface area contributed by atoms with Gasteiger partial charge in [0.05, 0.1) is 5.41 Å². The molecule has 0 spiro atoms. The SMILES string of the molecule is Cc1c(F)ccc(C2(C(=O)O)CCCCC2)c1F. The molecule has 18 heavy (non-hydrogen) atoms. The largest absolute Gasteiger partial charge is 0.481 e. The van der Waals surface area contributed by atoms with Gasteiger partial charge in [-0.05, 0) is 25.8 Å². The second-order valence-electron chi connectivity index (χ2n) is 4.98. The van der Waals surface area contributed by atoms with E-state index >= 15 is 0 Å². The van der Waals surface area contributed by atoms with Gasteiger partial charge in [-0.25, -0.2) is 8.78 Å². The molecule has 1 aromatic rings.